The monoisotopic (exact) mass is 498 g/mol. The van der Waals surface area contributed by atoms with Crippen molar-refractivity contribution in [3.63, 3.8) is 0 Å². The molecule has 1 aliphatic rings. The van der Waals surface area contributed by atoms with Gasteiger partial charge in [-0.15, -0.1) is 18.6 Å². The Bertz CT molecular complexity index is 330. The zero-order valence-electron chi connectivity index (χ0n) is 11.7. The van der Waals surface area contributed by atoms with E-state index >= 15 is 0 Å². The Morgan fingerprint density at radius 3 is 2.05 bits per heavy atom. The van der Waals surface area contributed by atoms with Gasteiger partial charge in [0.2, 0.25) is 0 Å². The minimum Gasteiger partial charge on any atom is -1.00 e. The Kier molecular flexibility index (Phi) is 27.4. The van der Waals surface area contributed by atoms with Crippen LogP contribution in [0.4, 0.5) is 0 Å². The number of hydrogen-bond acceptors (Lipinski definition) is 1. The molecule has 20 heavy (non-hydrogen) atoms. The molecule has 0 aromatic heterocycles. The van der Waals surface area contributed by atoms with Crippen LogP contribution < -0.4 is 37.2 Å². The van der Waals surface area contributed by atoms with Crippen LogP contribution in [-0.4, -0.2) is 25.5 Å². The second-order valence-electron chi connectivity index (χ2n) is 3.88. The van der Waals surface area contributed by atoms with Gasteiger partial charge in [0.05, 0.1) is 0 Å². The van der Waals surface area contributed by atoms with Crippen molar-refractivity contribution in [2.45, 2.75) is 6.42 Å². The number of benzene rings is 1. The van der Waals surface area contributed by atoms with Gasteiger partial charge in [0.15, 0.2) is 0 Å². The molecule has 1 nitrogen and oxygen atoms in total. The van der Waals surface area contributed by atoms with Gasteiger partial charge in [-0.25, -0.2) is 12.2 Å². The van der Waals surface area contributed by atoms with Crippen LogP contribution in [0.15, 0.2) is 48.6 Å². The van der Waals surface area contributed by atoms with Crippen LogP contribution in [0, 0.1) is 12.5 Å². The second-order valence-corrected chi connectivity index (χ2v) is 3.88. The molecule has 0 atom stereocenters. The first-order valence-corrected chi connectivity index (χ1v) is 5.54. The van der Waals surface area contributed by atoms with Gasteiger partial charge in [-0.3, -0.25) is 6.08 Å². The molecule has 0 aliphatic heterocycles. The van der Waals surface area contributed by atoms with Crippen LogP contribution in [0.5, 0.6) is 0 Å². The summed E-state index contributed by atoms with van der Waals surface area (Å²) < 4.78 is 0. The quantitative estimate of drug-likeness (QED) is 0.297. The average molecular weight is 498 g/mol. The molecule has 114 valence electrons. The number of allylic oxidation sites excluding steroid dienone is 4. The molecule has 0 saturated heterocycles. The molecule has 1 aliphatic carbocycles. The molecule has 2 rings (SSSR count). The van der Waals surface area contributed by atoms with E-state index in [4.69, 9.17) is 0 Å². The van der Waals surface area contributed by atoms with Crippen LogP contribution in [0.25, 0.3) is 0 Å². The van der Waals surface area contributed by atoms with Crippen LogP contribution in [0.1, 0.15) is 12.0 Å². The van der Waals surface area contributed by atoms with Crippen molar-refractivity contribution >= 4 is 0 Å². The van der Waals surface area contributed by atoms with Crippen molar-refractivity contribution in [2.24, 2.45) is 0 Å². The molecule has 1 aromatic carbocycles. The van der Waals surface area contributed by atoms with Crippen LogP contribution in [-0.2, 0) is 25.8 Å². The smallest absolute Gasteiger partial charge is 0 e. The SMILES string of the molecule is CN(C)C[CH-]c1ccccc1.[C-]1=CC=CC1.[Cl-].[Cl-].[Cl-].[Hf]. The van der Waals surface area contributed by atoms with E-state index in [9.17, 15) is 0 Å². The topological polar surface area (TPSA) is 3.24 Å². The normalized spacial score (nSPS) is 9.95. The number of likely N-dealkylation sites (N-methyl/N-ethyl adjacent to an activating group) is 1. The molecule has 0 heterocycles. The molecule has 0 bridgehead atoms. The molecule has 0 radical (unpaired) electrons. The maximum atomic E-state index is 2.99. The van der Waals surface area contributed by atoms with E-state index in [0.29, 0.717) is 0 Å². The minimum absolute atomic E-state index is 0. The van der Waals surface area contributed by atoms with Crippen LogP contribution >= 0.6 is 0 Å². The summed E-state index contributed by atoms with van der Waals surface area (Å²) in [7, 11) is 4.14. The van der Waals surface area contributed by atoms with Gasteiger partial charge in [0, 0.05) is 25.8 Å². The predicted octanol–water partition coefficient (Wildman–Crippen LogP) is -5.88. The fourth-order valence-electron chi connectivity index (χ4n) is 1.22. The molecule has 0 fully saturated rings. The summed E-state index contributed by atoms with van der Waals surface area (Å²) in [4.78, 5) is 2.15. The fourth-order valence-corrected chi connectivity index (χ4v) is 1.22. The van der Waals surface area contributed by atoms with Crippen molar-refractivity contribution < 1.29 is 63.1 Å². The Morgan fingerprint density at radius 2 is 1.70 bits per heavy atom. The second kappa shape index (κ2) is 19.3. The van der Waals surface area contributed by atoms with Crippen molar-refractivity contribution in [2.75, 3.05) is 20.6 Å². The standard InChI is InChI=1S/C10H14N.C5H5.3ClH.Hf/c1-11(2)9-8-10-6-4-3-5-7-10;1-2-4-5-3-1;;;;/h3-8H,9H2,1-2H3;1-3H,4H2;3*1H;/q2*-1;;;;/p-3. The summed E-state index contributed by atoms with van der Waals surface area (Å²) in [6.45, 7) is 1.00. The molecule has 0 amide bonds. The third-order valence-corrected chi connectivity index (χ3v) is 2.08. The predicted molar refractivity (Wildman–Crippen MR) is 70.0 cm³/mol. The van der Waals surface area contributed by atoms with E-state index in [1.165, 1.54) is 5.56 Å². The van der Waals surface area contributed by atoms with Gasteiger partial charge in [-0.05, 0) is 20.6 Å². The van der Waals surface area contributed by atoms with Crippen molar-refractivity contribution in [1.82, 2.24) is 4.90 Å². The summed E-state index contributed by atoms with van der Waals surface area (Å²) in [5.74, 6) is 0. The first-order valence-electron chi connectivity index (χ1n) is 5.54. The fraction of sp³-hybridized carbons (Fsp3) is 0.267. The molecular weight excluding hydrogens is 479 g/mol. The van der Waals surface area contributed by atoms with E-state index in [1.54, 1.807) is 0 Å². The van der Waals surface area contributed by atoms with E-state index in [1.807, 2.05) is 18.2 Å². The van der Waals surface area contributed by atoms with Crippen molar-refractivity contribution in [3.8, 4) is 0 Å². The van der Waals surface area contributed by atoms with Gasteiger partial charge in [-0.2, -0.15) is 30.2 Å². The van der Waals surface area contributed by atoms with Crippen LogP contribution in [0.2, 0.25) is 0 Å². The van der Waals surface area contributed by atoms with E-state index in [2.05, 4.69) is 61.8 Å². The number of halogens is 3. The average Bonchev–Trinajstić information content (AvgIpc) is 2.86. The molecular formula is C15H19Cl3HfN-5. The zero-order valence-corrected chi connectivity index (χ0v) is 17.6. The summed E-state index contributed by atoms with van der Waals surface area (Å²) in [5.41, 5.74) is 1.29. The number of hydrogen-bond donors (Lipinski definition) is 0. The third-order valence-electron chi connectivity index (χ3n) is 2.08. The summed E-state index contributed by atoms with van der Waals surface area (Å²) >= 11 is 0. The van der Waals surface area contributed by atoms with E-state index in [-0.39, 0.29) is 63.1 Å². The van der Waals surface area contributed by atoms with E-state index in [0.717, 1.165) is 13.0 Å². The van der Waals surface area contributed by atoms with E-state index < -0.39 is 0 Å². The first-order chi connectivity index (χ1) is 7.79. The van der Waals surface area contributed by atoms with Gasteiger partial charge >= 0.3 is 0 Å². The number of nitrogens with zero attached hydrogens (tertiary/aromatic N) is 1. The zero-order chi connectivity index (χ0) is 11.6. The summed E-state index contributed by atoms with van der Waals surface area (Å²) in [6.07, 6.45) is 12.2. The summed E-state index contributed by atoms with van der Waals surface area (Å²) in [5, 5.41) is 0. The number of rotatable bonds is 3. The Hall–Kier alpha value is 0.270. The first kappa shape index (κ1) is 28.4. The molecule has 5 heteroatoms. The van der Waals surface area contributed by atoms with Gasteiger partial charge in [0.25, 0.3) is 0 Å². The van der Waals surface area contributed by atoms with Crippen molar-refractivity contribution in [1.29, 1.82) is 0 Å². The maximum absolute atomic E-state index is 2.99. The van der Waals surface area contributed by atoms with Crippen LogP contribution in [0.3, 0.4) is 0 Å². The molecule has 0 unspecified atom stereocenters. The Balaban J connectivity index is -0.000000124. The largest absolute Gasteiger partial charge is 1.00 e. The van der Waals surface area contributed by atoms with Crippen molar-refractivity contribution in [3.05, 3.63) is 66.6 Å². The summed E-state index contributed by atoms with van der Waals surface area (Å²) in [6, 6.07) is 10.4. The Morgan fingerprint density at radius 1 is 1.10 bits per heavy atom. The molecule has 0 N–H and O–H groups in total. The maximum Gasteiger partial charge on any atom is 0 e. The minimum atomic E-state index is 0. The molecule has 0 saturated carbocycles. The van der Waals surface area contributed by atoms with Gasteiger partial charge < -0.3 is 42.1 Å². The molecule has 0 spiro atoms. The van der Waals surface area contributed by atoms with Gasteiger partial charge in [-0.1, -0.05) is 6.07 Å². The Labute approximate surface area is 160 Å². The third kappa shape index (κ3) is 16.3. The molecule has 1 aromatic rings. The van der Waals surface area contributed by atoms with Gasteiger partial charge in [0.1, 0.15) is 0 Å².